The molecule has 0 radical (unpaired) electrons. The topological polar surface area (TPSA) is 27.1 Å². The Morgan fingerprint density at radius 2 is 1.92 bits per heavy atom. The van der Waals surface area contributed by atoms with Crippen LogP contribution < -0.4 is 0 Å². The van der Waals surface area contributed by atoms with Gasteiger partial charge in [0.05, 0.1) is 5.84 Å². The maximum atomic E-state index is 7.61. The molecule has 0 aromatic carbocycles. The molecule has 0 aromatic rings. The number of hydrogen-bond acceptors (Lipinski definition) is 1. The molecule has 1 N–H and O–H groups in total. The van der Waals surface area contributed by atoms with Crippen molar-refractivity contribution in [3.05, 3.63) is 0 Å². The molecular formula is C10H20N2. The van der Waals surface area contributed by atoms with Gasteiger partial charge in [-0.15, -0.1) is 0 Å². The van der Waals surface area contributed by atoms with Crippen LogP contribution in [0.25, 0.3) is 0 Å². The predicted molar refractivity (Wildman–Crippen MR) is 52.7 cm³/mol. The van der Waals surface area contributed by atoms with Crippen molar-refractivity contribution in [3.8, 4) is 0 Å². The highest BCUT2D eigenvalue weighted by atomic mass is 15.2. The summed E-state index contributed by atoms with van der Waals surface area (Å²) in [5.74, 6) is 0.740. The van der Waals surface area contributed by atoms with Gasteiger partial charge in [-0.2, -0.15) is 0 Å². The van der Waals surface area contributed by atoms with Crippen molar-refractivity contribution in [2.24, 2.45) is 0 Å². The number of nitrogens with one attached hydrogen (secondary N) is 1. The summed E-state index contributed by atoms with van der Waals surface area (Å²) in [6, 6.07) is 0.668. The molecular weight excluding hydrogens is 148 g/mol. The quantitative estimate of drug-likeness (QED) is 0.498. The van der Waals surface area contributed by atoms with Crippen LogP contribution in [0, 0.1) is 5.41 Å². The fraction of sp³-hybridized carbons (Fsp3) is 0.900. The largest absolute Gasteiger partial charge is 0.358 e. The number of hydrogen-bond donors (Lipinski definition) is 1. The van der Waals surface area contributed by atoms with Crippen molar-refractivity contribution in [3.63, 3.8) is 0 Å². The van der Waals surface area contributed by atoms with Crippen LogP contribution in [-0.2, 0) is 0 Å². The zero-order chi connectivity index (χ0) is 8.97. The summed E-state index contributed by atoms with van der Waals surface area (Å²) >= 11 is 0. The first-order chi connectivity index (χ1) is 5.75. The summed E-state index contributed by atoms with van der Waals surface area (Å²) in [4.78, 5) is 2.24. The molecule has 2 heteroatoms. The summed E-state index contributed by atoms with van der Waals surface area (Å²) in [6.45, 7) is 5.05. The van der Waals surface area contributed by atoms with Gasteiger partial charge in [0.2, 0.25) is 0 Å². The standard InChI is InChI=1S/C10H20N2/c1-3-12(9(2)11)10-7-5-4-6-8-10/h10-11H,3-8H2,1-2H3. The van der Waals surface area contributed by atoms with Gasteiger partial charge in [0.15, 0.2) is 0 Å². The lowest BCUT2D eigenvalue weighted by molar-refractivity contribution is 0.249. The molecule has 1 aliphatic carbocycles. The molecule has 1 fully saturated rings. The SMILES string of the molecule is CCN(C(C)=N)C1CCCCC1. The number of amidine groups is 1. The number of nitrogens with zero attached hydrogens (tertiary/aromatic N) is 1. The average Bonchev–Trinajstić information content (AvgIpc) is 2.07. The van der Waals surface area contributed by atoms with Gasteiger partial charge >= 0.3 is 0 Å². The Morgan fingerprint density at radius 1 is 1.33 bits per heavy atom. The van der Waals surface area contributed by atoms with Gasteiger partial charge in [-0.05, 0) is 26.7 Å². The molecule has 0 saturated heterocycles. The Morgan fingerprint density at radius 3 is 2.33 bits per heavy atom. The van der Waals surface area contributed by atoms with Crippen LogP contribution in [0.4, 0.5) is 0 Å². The average molecular weight is 168 g/mol. The van der Waals surface area contributed by atoms with E-state index in [1.54, 1.807) is 0 Å². The Kier molecular flexibility index (Phi) is 3.57. The minimum Gasteiger partial charge on any atom is -0.358 e. The third kappa shape index (κ3) is 2.23. The smallest absolute Gasteiger partial charge is 0.0928 e. The van der Waals surface area contributed by atoms with Crippen molar-refractivity contribution in [2.75, 3.05) is 6.54 Å². The summed E-state index contributed by atoms with van der Waals surface area (Å²) < 4.78 is 0. The van der Waals surface area contributed by atoms with E-state index < -0.39 is 0 Å². The van der Waals surface area contributed by atoms with E-state index in [2.05, 4.69) is 11.8 Å². The van der Waals surface area contributed by atoms with Crippen molar-refractivity contribution in [1.29, 1.82) is 5.41 Å². The van der Waals surface area contributed by atoms with E-state index in [0.29, 0.717) is 6.04 Å². The first-order valence-corrected chi connectivity index (χ1v) is 5.07. The fourth-order valence-electron chi connectivity index (χ4n) is 2.16. The van der Waals surface area contributed by atoms with Crippen molar-refractivity contribution < 1.29 is 0 Å². The third-order valence-corrected chi connectivity index (χ3v) is 2.79. The van der Waals surface area contributed by atoms with Crippen LogP contribution in [0.15, 0.2) is 0 Å². The van der Waals surface area contributed by atoms with E-state index in [4.69, 9.17) is 5.41 Å². The molecule has 70 valence electrons. The molecule has 0 amide bonds. The highest BCUT2D eigenvalue weighted by Crippen LogP contribution is 2.22. The van der Waals surface area contributed by atoms with Crippen LogP contribution in [0.1, 0.15) is 46.0 Å². The van der Waals surface area contributed by atoms with Gasteiger partial charge < -0.3 is 4.90 Å². The molecule has 0 aliphatic heterocycles. The lowest BCUT2D eigenvalue weighted by atomic mass is 9.94. The molecule has 0 bridgehead atoms. The molecule has 1 rings (SSSR count). The van der Waals surface area contributed by atoms with Gasteiger partial charge in [0.1, 0.15) is 0 Å². The molecule has 0 atom stereocenters. The van der Waals surface area contributed by atoms with E-state index >= 15 is 0 Å². The van der Waals surface area contributed by atoms with Crippen LogP contribution in [0.2, 0.25) is 0 Å². The maximum absolute atomic E-state index is 7.61. The lowest BCUT2D eigenvalue weighted by Crippen LogP contribution is -2.39. The molecule has 2 nitrogen and oxygen atoms in total. The van der Waals surface area contributed by atoms with Crippen molar-refractivity contribution in [2.45, 2.75) is 52.0 Å². The van der Waals surface area contributed by atoms with Gasteiger partial charge in [0, 0.05) is 12.6 Å². The second-order valence-electron chi connectivity index (χ2n) is 3.66. The van der Waals surface area contributed by atoms with E-state index in [1.807, 2.05) is 6.92 Å². The van der Waals surface area contributed by atoms with Crippen molar-refractivity contribution >= 4 is 5.84 Å². The monoisotopic (exact) mass is 168 g/mol. The summed E-state index contributed by atoms with van der Waals surface area (Å²) in [7, 11) is 0. The van der Waals surface area contributed by atoms with Crippen LogP contribution >= 0.6 is 0 Å². The molecule has 0 spiro atoms. The molecule has 0 heterocycles. The Balaban J connectivity index is 2.46. The summed E-state index contributed by atoms with van der Waals surface area (Å²) in [5.41, 5.74) is 0. The highest BCUT2D eigenvalue weighted by molar-refractivity contribution is 5.76. The minimum atomic E-state index is 0.668. The second kappa shape index (κ2) is 4.48. The van der Waals surface area contributed by atoms with E-state index in [9.17, 15) is 0 Å². The van der Waals surface area contributed by atoms with Gasteiger partial charge in [-0.25, -0.2) is 0 Å². The van der Waals surface area contributed by atoms with Gasteiger partial charge in [-0.1, -0.05) is 19.3 Å². The highest BCUT2D eigenvalue weighted by Gasteiger charge is 2.19. The Labute approximate surface area is 75.5 Å². The zero-order valence-corrected chi connectivity index (χ0v) is 8.27. The summed E-state index contributed by atoms with van der Waals surface area (Å²) in [6.07, 6.45) is 6.70. The molecule has 1 saturated carbocycles. The van der Waals surface area contributed by atoms with Crippen LogP contribution in [0.3, 0.4) is 0 Å². The maximum Gasteiger partial charge on any atom is 0.0928 e. The first kappa shape index (κ1) is 9.56. The lowest BCUT2D eigenvalue weighted by Gasteiger charge is -2.34. The first-order valence-electron chi connectivity index (χ1n) is 5.07. The molecule has 12 heavy (non-hydrogen) atoms. The fourth-order valence-corrected chi connectivity index (χ4v) is 2.16. The Hall–Kier alpha value is -0.530. The predicted octanol–water partition coefficient (Wildman–Crippen LogP) is 2.64. The molecule has 1 aliphatic rings. The van der Waals surface area contributed by atoms with E-state index in [0.717, 1.165) is 12.4 Å². The van der Waals surface area contributed by atoms with Gasteiger partial charge in [0.25, 0.3) is 0 Å². The van der Waals surface area contributed by atoms with E-state index in [1.165, 1.54) is 32.1 Å². The minimum absolute atomic E-state index is 0.668. The van der Waals surface area contributed by atoms with Gasteiger partial charge in [-0.3, -0.25) is 5.41 Å². The number of rotatable bonds is 2. The zero-order valence-electron chi connectivity index (χ0n) is 8.27. The third-order valence-electron chi connectivity index (χ3n) is 2.79. The van der Waals surface area contributed by atoms with E-state index in [-0.39, 0.29) is 0 Å². The van der Waals surface area contributed by atoms with Crippen LogP contribution in [-0.4, -0.2) is 23.3 Å². The Bertz CT molecular complexity index is 148. The second-order valence-corrected chi connectivity index (χ2v) is 3.66. The molecule has 0 unspecified atom stereocenters. The van der Waals surface area contributed by atoms with Crippen molar-refractivity contribution in [1.82, 2.24) is 4.90 Å². The van der Waals surface area contributed by atoms with Crippen LogP contribution in [0.5, 0.6) is 0 Å². The molecule has 0 aromatic heterocycles. The normalized spacial score (nSPS) is 19.2. The summed E-state index contributed by atoms with van der Waals surface area (Å²) in [5, 5.41) is 7.61.